The minimum atomic E-state index is -0.550. The summed E-state index contributed by atoms with van der Waals surface area (Å²) in [6, 6.07) is 10.6. The summed E-state index contributed by atoms with van der Waals surface area (Å²) in [4.78, 5) is 23.9. The fourth-order valence-corrected chi connectivity index (χ4v) is 2.17. The van der Waals surface area contributed by atoms with E-state index in [1.165, 1.54) is 12.1 Å². The van der Waals surface area contributed by atoms with Crippen molar-refractivity contribution in [2.24, 2.45) is 0 Å². The molecule has 0 atom stereocenters. The molecule has 6 heteroatoms. The van der Waals surface area contributed by atoms with Gasteiger partial charge < -0.3 is 10.1 Å². The summed E-state index contributed by atoms with van der Waals surface area (Å²) in [5.74, 6) is -1.52. The van der Waals surface area contributed by atoms with Gasteiger partial charge in [0.1, 0.15) is 5.82 Å². The highest BCUT2D eigenvalue weighted by Gasteiger charge is 2.15. The number of ether oxygens (including phenoxy) is 1. The van der Waals surface area contributed by atoms with Crippen LogP contribution >= 0.6 is 11.6 Å². The van der Waals surface area contributed by atoms with Gasteiger partial charge in [-0.25, -0.2) is 9.18 Å². The van der Waals surface area contributed by atoms with Crippen molar-refractivity contribution < 1.29 is 18.7 Å². The van der Waals surface area contributed by atoms with Gasteiger partial charge in [-0.2, -0.15) is 0 Å². The summed E-state index contributed by atoms with van der Waals surface area (Å²) in [6.45, 7) is 1.93. The molecule has 0 heterocycles. The van der Waals surface area contributed by atoms with E-state index in [1.54, 1.807) is 31.2 Å². The Kier molecular flexibility index (Phi) is 5.71. The van der Waals surface area contributed by atoms with Crippen molar-refractivity contribution in [1.29, 1.82) is 0 Å². The van der Waals surface area contributed by atoms with Gasteiger partial charge in [0, 0.05) is 5.02 Å². The highest BCUT2D eigenvalue weighted by atomic mass is 35.5. The molecule has 0 aromatic heterocycles. The van der Waals surface area contributed by atoms with Crippen molar-refractivity contribution in [3.8, 4) is 0 Å². The summed E-state index contributed by atoms with van der Waals surface area (Å²) in [7, 11) is 0. The van der Waals surface area contributed by atoms with E-state index in [0.29, 0.717) is 5.69 Å². The van der Waals surface area contributed by atoms with Crippen molar-refractivity contribution in [2.75, 3.05) is 11.9 Å². The maximum atomic E-state index is 13.7. The molecule has 2 rings (SSSR count). The third-order valence-electron chi connectivity index (χ3n) is 3.06. The molecular weight excluding hydrogens is 321 g/mol. The average molecular weight is 336 g/mol. The molecule has 1 N–H and O–H groups in total. The molecule has 0 aliphatic rings. The first-order valence-electron chi connectivity index (χ1n) is 7.01. The quantitative estimate of drug-likeness (QED) is 0.845. The van der Waals surface area contributed by atoms with E-state index >= 15 is 0 Å². The van der Waals surface area contributed by atoms with Gasteiger partial charge in [-0.3, -0.25) is 4.79 Å². The number of hydrogen-bond acceptors (Lipinski definition) is 3. The molecule has 0 bridgehead atoms. The normalized spacial score (nSPS) is 10.2. The minimum absolute atomic E-state index is 0.167. The molecule has 23 heavy (non-hydrogen) atoms. The lowest BCUT2D eigenvalue weighted by molar-refractivity contribution is -0.115. The molecule has 120 valence electrons. The summed E-state index contributed by atoms with van der Waals surface area (Å²) >= 11 is 5.68. The Morgan fingerprint density at radius 2 is 1.96 bits per heavy atom. The second-order valence-electron chi connectivity index (χ2n) is 4.73. The zero-order valence-corrected chi connectivity index (χ0v) is 13.2. The van der Waals surface area contributed by atoms with E-state index in [2.05, 4.69) is 5.32 Å². The number of amides is 1. The number of nitrogens with one attached hydrogen (secondary N) is 1. The largest absolute Gasteiger partial charge is 0.462 e. The number of hydrogen-bond donors (Lipinski definition) is 1. The van der Waals surface area contributed by atoms with E-state index < -0.39 is 17.7 Å². The molecule has 2 aromatic rings. The number of rotatable bonds is 5. The lowest BCUT2D eigenvalue weighted by Gasteiger charge is -2.10. The molecular formula is C17H15ClFNO3. The van der Waals surface area contributed by atoms with Crippen LogP contribution in [0.2, 0.25) is 5.02 Å². The monoisotopic (exact) mass is 335 g/mol. The lowest BCUT2D eigenvalue weighted by Crippen LogP contribution is -2.18. The standard InChI is InChI=1S/C17H15ClFNO3/c1-2-23-17(22)13-5-3-4-6-15(13)20-16(21)9-11-7-8-12(18)10-14(11)19/h3-8,10H,2,9H2,1H3,(H,20,21). The van der Waals surface area contributed by atoms with E-state index in [4.69, 9.17) is 16.3 Å². The van der Waals surface area contributed by atoms with E-state index in [-0.39, 0.29) is 29.2 Å². The molecule has 0 aliphatic heterocycles. The number of anilines is 1. The second kappa shape index (κ2) is 7.74. The third-order valence-corrected chi connectivity index (χ3v) is 3.30. The summed E-state index contributed by atoms with van der Waals surface area (Å²) < 4.78 is 18.7. The number of carbonyl (C=O) groups is 2. The smallest absolute Gasteiger partial charge is 0.340 e. The predicted octanol–water partition coefficient (Wildman–Crippen LogP) is 3.84. The van der Waals surface area contributed by atoms with Gasteiger partial charge in [0.15, 0.2) is 0 Å². The second-order valence-corrected chi connectivity index (χ2v) is 5.16. The predicted molar refractivity (Wildman–Crippen MR) is 86.1 cm³/mol. The fourth-order valence-electron chi connectivity index (χ4n) is 2.01. The number of carbonyl (C=O) groups excluding carboxylic acids is 2. The molecule has 0 saturated carbocycles. The van der Waals surface area contributed by atoms with Crippen LogP contribution in [-0.4, -0.2) is 18.5 Å². The highest BCUT2D eigenvalue weighted by molar-refractivity contribution is 6.30. The van der Waals surface area contributed by atoms with Gasteiger partial charge in [0.2, 0.25) is 5.91 Å². The summed E-state index contributed by atoms with van der Waals surface area (Å²) in [5, 5.41) is 2.86. The maximum absolute atomic E-state index is 13.7. The van der Waals surface area contributed by atoms with Gasteiger partial charge in [-0.15, -0.1) is 0 Å². The molecule has 0 spiro atoms. The third kappa shape index (κ3) is 4.53. The summed E-state index contributed by atoms with van der Waals surface area (Å²) in [5.41, 5.74) is 0.796. The number of benzene rings is 2. The molecule has 4 nitrogen and oxygen atoms in total. The van der Waals surface area contributed by atoms with Gasteiger partial charge >= 0.3 is 5.97 Å². The Morgan fingerprint density at radius 1 is 1.22 bits per heavy atom. The van der Waals surface area contributed by atoms with Crippen LogP contribution in [0.1, 0.15) is 22.8 Å². The molecule has 2 aromatic carbocycles. The minimum Gasteiger partial charge on any atom is -0.462 e. The van der Waals surface area contributed by atoms with Crippen LogP contribution in [-0.2, 0) is 16.0 Å². The van der Waals surface area contributed by atoms with Gasteiger partial charge in [-0.1, -0.05) is 29.8 Å². The molecule has 1 amide bonds. The van der Waals surface area contributed by atoms with Gasteiger partial charge in [0.05, 0.1) is 24.3 Å². The first-order chi connectivity index (χ1) is 11.0. The Hall–Kier alpha value is -2.40. The van der Waals surface area contributed by atoms with Crippen LogP contribution in [0.4, 0.5) is 10.1 Å². The van der Waals surface area contributed by atoms with Crippen LogP contribution in [0.5, 0.6) is 0 Å². The van der Waals surface area contributed by atoms with Crippen molar-refractivity contribution in [1.82, 2.24) is 0 Å². The number of esters is 1. The fraction of sp³-hybridized carbons (Fsp3) is 0.176. The maximum Gasteiger partial charge on any atom is 0.340 e. The Labute approximate surface area is 138 Å². The zero-order chi connectivity index (χ0) is 16.8. The first-order valence-corrected chi connectivity index (χ1v) is 7.39. The highest BCUT2D eigenvalue weighted by Crippen LogP contribution is 2.18. The van der Waals surface area contributed by atoms with Crippen LogP contribution in [0, 0.1) is 5.82 Å². The topological polar surface area (TPSA) is 55.4 Å². The Bertz CT molecular complexity index is 734. The average Bonchev–Trinajstić information content (AvgIpc) is 2.51. The first kappa shape index (κ1) is 17.0. The number of halogens is 2. The lowest BCUT2D eigenvalue weighted by atomic mass is 10.1. The van der Waals surface area contributed by atoms with Crippen molar-refractivity contribution in [3.05, 3.63) is 64.4 Å². The Morgan fingerprint density at radius 3 is 2.65 bits per heavy atom. The van der Waals surface area contributed by atoms with E-state index in [0.717, 1.165) is 6.07 Å². The Balaban J connectivity index is 2.13. The van der Waals surface area contributed by atoms with Crippen molar-refractivity contribution in [2.45, 2.75) is 13.3 Å². The van der Waals surface area contributed by atoms with Gasteiger partial charge in [0.25, 0.3) is 0 Å². The summed E-state index contributed by atoms with van der Waals surface area (Å²) in [6.07, 6.45) is -0.167. The van der Waals surface area contributed by atoms with Crippen molar-refractivity contribution >= 4 is 29.2 Å². The molecule has 0 radical (unpaired) electrons. The van der Waals surface area contributed by atoms with Crippen LogP contribution in [0.25, 0.3) is 0 Å². The van der Waals surface area contributed by atoms with E-state index in [9.17, 15) is 14.0 Å². The molecule has 0 aliphatic carbocycles. The van der Waals surface area contributed by atoms with Gasteiger partial charge in [-0.05, 0) is 36.8 Å². The zero-order valence-electron chi connectivity index (χ0n) is 12.4. The molecule has 0 saturated heterocycles. The molecule has 0 fully saturated rings. The van der Waals surface area contributed by atoms with E-state index in [1.807, 2.05) is 0 Å². The van der Waals surface area contributed by atoms with Crippen LogP contribution in [0.3, 0.4) is 0 Å². The molecule has 0 unspecified atom stereocenters. The van der Waals surface area contributed by atoms with Crippen LogP contribution < -0.4 is 5.32 Å². The SMILES string of the molecule is CCOC(=O)c1ccccc1NC(=O)Cc1ccc(Cl)cc1F. The van der Waals surface area contributed by atoms with Crippen LogP contribution in [0.15, 0.2) is 42.5 Å². The number of para-hydroxylation sites is 1. The van der Waals surface area contributed by atoms with Crippen molar-refractivity contribution in [3.63, 3.8) is 0 Å².